The highest BCUT2D eigenvalue weighted by Crippen LogP contribution is 2.20. The first kappa shape index (κ1) is 41.1. The molecular formula is C33H61N5O8. The molecule has 1 aliphatic heterocycles. The van der Waals surface area contributed by atoms with Crippen molar-refractivity contribution >= 4 is 29.7 Å². The van der Waals surface area contributed by atoms with Gasteiger partial charge in [-0.05, 0) is 70.1 Å². The Labute approximate surface area is 275 Å². The van der Waals surface area contributed by atoms with Gasteiger partial charge in [0.15, 0.2) is 0 Å². The SMILES string of the molecule is CC(C)C[C@H](NC(=O)O)C(=O)N[C@@H](CC1CCCO1)C(=O)N[C@@H](CC(C)C)[C@@H](O)C[C@@H](C)C(=O)N[C@@H](CC(C)C)C(=O)NC(C)C. The molecular weight excluding hydrogens is 594 g/mol. The Hall–Kier alpha value is -2.93. The van der Waals surface area contributed by atoms with Crippen molar-refractivity contribution in [2.45, 2.75) is 150 Å². The summed E-state index contributed by atoms with van der Waals surface area (Å²) in [6.45, 7) is 17.5. The Balaban J connectivity index is 3.09. The van der Waals surface area contributed by atoms with E-state index in [0.29, 0.717) is 19.4 Å². The predicted molar refractivity (Wildman–Crippen MR) is 176 cm³/mol. The number of carboxylic acid groups (broad SMARTS) is 1. The van der Waals surface area contributed by atoms with Gasteiger partial charge in [0, 0.05) is 25.0 Å². The summed E-state index contributed by atoms with van der Waals surface area (Å²) in [4.78, 5) is 64.2. The van der Waals surface area contributed by atoms with E-state index in [9.17, 15) is 34.2 Å². The van der Waals surface area contributed by atoms with Crippen LogP contribution in [0.1, 0.15) is 107 Å². The number of aliphatic hydroxyl groups excluding tert-OH is 1. The van der Waals surface area contributed by atoms with Crippen LogP contribution >= 0.6 is 0 Å². The lowest BCUT2D eigenvalue weighted by molar-refractivity contribution is -0.133. The quantitative estimate of drug-likeness (QED) is 0.104. The standard InChI is InChI=1S/C33H61N5O8/c1-18(2)13-24(28(39)16-22(9)29(40)36-25(14-19(3)4)30(41)34-21(7)8)35-32(43)27(17-23-11-10-12-46-23)37-31(42)26(15-20(5)6)38-33(44)45/h18-28,38-39H,10-17H2,1-9H3,(H,34,41)(H,35,43)(H,36,40)(H,37,42)(H,44,45)/t22-,23?,24+,25+,26+,27+,28+/m1/s1. The summed E-state index contributed by atoms with van der Waals surface area (Å²) in [7, 11) is 0. The van der Waals surface area contributed by atoms with Gasteiger partial charge < -0.3 is 41.5 Å². The molecule has 46 heavy (non-hydrogen) atoms. The van der Waals surface area contributed by atoms with E-state index in [4.69, 9.17) is 4.74 Å². The van der Waals surface area contributed by atoms with Crippen molar-refractivity contribution in [2.75, 3.05) is 6.61 Å². The monoisotopic (exact) mass is 655 g/mol. The van der Waals surface area contributed by atoms with E-state index >= 15 is 0 Å². The summed E-state index contributed by atoms with van der Waals surface area (Å²) in [5.41, 5.74) is 0. The maximum Gasteiger partial charge on any atom is 0.405 e. The molecule has 7 atom stereocenters. The van der Waals surface area contributed by atoms with Gasteiger partial charge in [0.25, 0.3) is 0 Å². The van der Waals surface area contributed by atoms with Crippen LogP contribution in [0, 0.1) is 23.7 Å². The lowest BCUT2D eigenvalue weighted by Crippen LogP contribution is -2.57. The van der Waals surface area contributed by atoms with Crippen molar-refractivity contribution in [3.63, 3.8) is 0 Å². The smallest absolute Gasteiger partial charge is 0.405 e. The molecule has 0 aromatic carbocycles. The molecule has 13 heteroatoms. The minimum atomic E-state index is -1.34. The van der Waals surface area contributed by atoms with Crippen molar-refractivity contribution in [3.8, 4) is 0 Å². The van der Waals surface area contributed by atoms with E-state index in [0.717, 1.165) is 12.8 Å². The van der Waals surface area contributed by atoms with Crippen LogP contribution in [-0.2, 0) is 23.9 Å². The van der Waals surface area contributed by atoms with Crippen LogP contribution in [0.4, 0.5) is 4.79 Å². The van der Waals surface area contributed by atoms with Crippen molar-refractivity contribution in [1.29, 1.82) is 0 Å². The first-order valence-corrected chi connectivity index (χ1v) is 16.9. The van der Waals surface area contributed by atoms with Gasteiger partial charge in [0.1, 0.15) is 18.1 Å². The zero-order valence-corrected chi connectivity index (χ0v) is 29.4. The van der Waals surface area contributed by atoms with Gasteiger partial charge in [-0.25, -0.2) is 4.79 Å². The maximum absolute atomic E-state index is 13.7. The number of aliphatic hydroxyl groups is 1. The number of ether oxygens (including phenoxy) is 1. The van der Waals surface area contributed by atoms with E-state index in [1.54, 1.807) is 6.92 Å². The Kier molecular flexibility index (Phi) is 18.2. The van der Waals surface area contributed by atoms with Crippen LogP contribution in [0.3, 0.4) is 0 Å². The van der Waals surface area contributed by atoms with Gasteiger partial charge in [0.2, 0.25) is 23.6 Å². The molecule has 0 aliphatic carbocycles. The molecule has 1 unspecified atom stereocenters. The zero-order chi connectivity index (χ0) is 35.1. The van der Waals surface area contributed by atoms with Crippen molar-refractivity contribution in [2.24, 2.45) is 23.7 Å². The van der Waals surface area contributed by atoms with Gasteiger partial charge >= 0.3 is 6.09 Å². The molecule has 1 aliphatic rings. The fraction of sp³-hybridized carbons (Fsp3) is 0.848. The van der Waals surface area contributed by atoms with Gasteiger partial charge in [-0.1, -0.05) is 48.5 Å². The molecule has 0 bridgehead atoms. The molecule has 1 fully saturated rings. The van der Waals surface area contributed by atoms with Gasteiger partial charge in [-0.2, -0.15) is 0 Å². The van der Waals surface area contributed by atoms with Crippen LogP contribution in [-0.4, -0.2) is 89.0 Å². The van der Waals surface area contributed by atoms with Crippen LogP contribution in [0.25, 0.3) is 0 Å². The second-order valence-electron chi connectivity index (χ2n) is 14.4. The van der Waals surface area contributed by atoms with Crippen molar-refractivity contribution < 1.29 is 38.9 Å². The number of nitrogens with one attached hydrogen (secondary N) is 5. The predicted octanol–water partition coefficient (Wildman–Crippen LogP) is 2.70. The molecule has 13 nitrogen and oxygen atoms in total. The molecule has 0 spiro atoms. The summed E-state index contributed by atoms with van der Waals surface area (Å²) in [6.07, 6.45) is 0.207. The fourth-order valence-corrected chi connectivity index (χ4v) is 5.59. The summed E-state index contributed by atoms with van der Waals surface area (Å²) in [5, 5.41) is 34.2. The Bertz CT molecular complexity index is 983. The first-order valence-electron chi connectivity index (χ1n) is 16.9. The summed E-state index contributed by atoms with van der Waals surface area (Å²) >= 11 is 0. The largest absolute Gasteiger partial charge is 0.465 e. The van der Waals surface area contributed by atoms with Crippen molar-refractivity contribution in [3.05, 3.63) is 0 Å². The first-order chi connectivity index (χ1) is 21.4. The average molecular weight is 656 g/mol. The van der Waals surface area contributed by atoms with Crippen LogP contribution in [0.5, 0.6) is 0 Å². The number of hydrogen-bond acceptors (Lipinski definition) is 7. The van der Waals surface area contributed by atoms with E-state index in [-0.39, 0.29) is 61.0 Å². The van der Waals surface area contributed by atoms with E-state index < -0.39 is 54.1 Å². The average Bonchev–Trinajstić information content (AvgIpc) is 3.43. The third-order valence-corrected chi connectivity index (χ3v) is 7.81. The fourth-order valence-electron chi connectivity index (χ4n) is 5.59. The van der Waals surface area contributed by atoms with Crippen LogP contribution in [0.15, 0.2) is 0 Å². The molecule has 0 radical (unpaired) electrons. The Morgan fingerprint density at radius 2 is 1.15 bits per heavy atom. The lowest BCUT2D eigenvalue weighted by atomic mass is 9.91. The molecule has 0 aromatic heterocycles. The van der Waals surface area contributed by atoms with E-state index in [1.807, 2.05) is 55.4 Å². The minimum Gasteiger partial charge on any atom is -0.465 e. The van der Waals surface area contributed by atoms with Gasteiger partial charge in [-0.15, -0.1) is 0 Å². The molecule has 1 heterocycles. The molecule has 1 saturated heterocycles. The topological polar surface area (TPSA) is 195 Å². The maximum atomic E-state index is 13.7. The highest BCUT2D eigenvalue weighted by atomic mass is 16.5. The normalized spacial score (nSPS) is 18.9. The molecule has 0 saturated carbocycles. The molecule has 266 valence electrons. The summed E-state index contributed by atoms with van der Waals surface area (Å²) in [5.74, 6) is -2.16. The highest BCUT2D eigenvalue weighted by Gasteiger charge is 2.34. The Morgan fingerprint density at radius 1 is 0.652 bits per heavy atom. The second kappa shape index (κ2) is 20.3. The van der Waals surface area contributed by atoms with Crippen LogP contribution < -0.4 is 26.6 Å². The number of carbonyl (C=O) groups excluding carboxylic acids is 4. The third kappa shape index (κ3) is 16.1. The van der Waals surface area contributed by atoms with Crippen molar-refractivity contribution in [1.82, 2.24) is 26.6 Å². The number of amides is 5. The summed E-state index contributed by atoms with van der Waals surface area (Å²) < 4.78 is 5.73. The zero-order valence-electron chi connectivity index (χ0n) is 29.4. The lowest BCUT2D eigenvalue weighted by Gasteiger charge is -2.31. The molecule has 5 amide bonds. The number of hydrogen-bond donors (Lipinski definition) is 7. The van der Waals surface area contributed by atoms with E-state index in [2.05, 4.69) is 26.6 Å². The summed E-state index contributed by atoms with van der Waals surface area (Å²) in [6, 6.07) is -3.60. The van der Waals surface area contributed by atoms with E-state index in [1.165, 1.54) is 0 Å². The number of rotatable bonds is 20. The molecule has 0 aromatic rings. The van der Waals surface area contributed by atoms with Crippen LogP contribution in [0.2, 0.25) is 0 Å². The second-order valence-corrected chi connectivity index (χ2v) is 14.4. The Morgan fingerprint density at radius 3 is 1.63 bits per heavy atom. The molecule has 1 rings (SSSR count). The minimum absolute atomic E-state index is 0.0167. The third-order valence-electron chi connectivity index (χ3n) is 7.81. The highest BCUT2D eigenvalue weighted by molar-refractivity contribution is 5.91. The number of carbonyl (C=O) groups is 5. The molecule has 7 N–H and O–H groups in total. The van der Waals surface area contributed by atoms with Gasteiger partial charge in [0.05, 0.1) is 18.2 Å². The van der Waals surface area contributed by atoms with Gasteiger partial charge in [-0.3, -0.25) is 19.2 Å².